The molecule has 0 spiro atoms. The number of halogens is 5. The summed E-state index contributed by atoms with van der Waals surface area (Å²) in [7, 11) is 0. The number of carbonyl (C=O) groups excluding carboxylic acids is 1. The lowest BCUT2D eigenvalue weighted by Crippen LogP contribution is -2.49. The zero-order chi connectivity index (χ0) is 20.3. The Kier molecular flexibility index (Phi) is 6.62. The highest BCUT2D eigenvalue weighted by molar-refractivity contribution is 8.00. The van der Waals surface area contributed by atoms with E-state index >= 15 is 0 Å². The second kappa shape index (κ2) is 8.80. The van der Waals surface area contributed by atoms with Gasteiger partial charge in [-0.15, -0.1) is 11.8 Å². The molecule has 0 unspecified atom stereocenters. The van der Waals surface area contributed by atoms with Crippen LogP contribution in [0.3, 0.4) is 0 Å². The van der Waals surface area contributed by atoms with Crippen molar-refractivity contribution in [3.05, 3.63) is 52.1 Å². The summed E-state index contributed by atoms with van der Waals surface area (Å²) in [5.74, 6) is 0.680. The molecule has 150 valence electrons. The predicted octanol–water partition coefficient (Wildman–Crippen LogP) is 4.85. The third kappa shape index (κ3) is 5.24. The zero-order valence-corrected chi connectivity index (χ0v) is 16.9. The molecule has 1 saturated heterocycles. The number of hydrogen-bond donors (Lipinski definition) is 0. The van der Waals surface area contributed by atoms with Crippen LogP contribution < -0.4 is 4.90 Å². The standard InChI is InChI=1S/C18H16Cl2F3N3OS/c19-13-2-3-14(20)15(9-13)28-11-17(27)26-7-5-25(6-8-26)16-4-1-12(10-24-16)18(21,22)23/h1-4,9-10H,5-8,11H2. The lowest BCUT2D eigenvalue weighted by atomic mass is 10.2. The van der Waals surface area contributed by atoms with Crippen molar-refractivity contribution < 1.29 is 18.0 Å². The first kappa shape index (κ1) is 21.1. The van der Waals surface area contributed by atoms with Crippen LogP contribution in [0, 0.1) is 0 Å². The molecule has 1 amide bonds. The summed E-state index contributed by atoms with van der Waals surface area (Å²) in [5, 5.41) is 1.09. The maximum absolute atomic E-state index is 12.6. The number of aromatic nitrogens is 1. The number of carbonyl (C=O) groups is 1. The normalized spacial score (nSPS) is 15.0. The van der Waals surface area contributed by atoms with Crippen LogP contribution in [-0.4, -0.2) is 47.7 Å². The number of hydrogen-bond acceptors (Lipinski definition) is 4. The van der Waals surface area contributed by atoms with E-state index in [0.717, 1.165) is 17.2 Å². The Balaban J connectivity index is 1.52. The number of anilines is 1. The summed E-state index contributed by atoms with van der Waals surface area (Å²) in [6.45, 7) is 1.97. The summed E-state index contributed by atoms with van der Waals surface area (Å²) in [6.07, 6.45) is -3.57. The van der Waals surface area contributed by atoms with Gasteiger partial charge in [-0.25, -0.2) is 4.98 Å². The highest BCUT2D eigenvalue weighted by Crippen LogP contribution is 2.31. The van der Waals surface area contributed by atoms with Crippen molar-refractivity contribution in [2.24, 2.45) is 0 Å². The number of alkyl halides is 3. The molecular formula is C18H16Cl2F3N3OS. The van der Waals surface area contributed by atoms with E-state index in [1.54, 1.807) is 23.1 Å². The Labute approximate surface area is 174 Å². The number of piperazine rings is 1. The van der Waals surface area contributed by atoms with Gasteiger partial charge in [0.25, 0.3) is 0 Å². The van der Waals surface area contributed by atoms with Crippen molar-refractivity contribution in [2.75, 3.05) is 36.8 Å². The van der Waals surface area contributed by atoms with Gasteiger partial charge in [0.15, 0.2) is 0 Å². The van der Waals surface area contributed by atoms with Crippen LogP contribution in [0.25, 0.3) is 0 Å². The molecule has 2 aromatic rings. The minimum Gasteiger partial charge on any atom is -0.353 e. The molecule has 0 radical (unpaired) electrons. The first-order valence-corrected chi connectivity index (χ1v) is 10.1. The number of nitrogens with zero attached hydrogens (tertiary/aromatic N) is 3. The Morgan fingerprint density at radius 2 is 1.82 bits per heavy atom. The molecule has 1 aromatic heterocycles. The van der Waals surface area contributed by atoms with E-state index in [0.29, 0.717) is 42.0 Å². The largest absolute Gasteiger partial charge is 0.417 e. The monoisotopic (exact) mass is 449 g/mol. The SMILES string of the molecule is O=C(CSc1cc(Cl)ccc1Cl)N1CCN(c2ccc(C(F)(F)F)cn2)CC1. The predicted molar refractivity (Wildman–Crippen MR) is 105 cm³/mol. The van der Waals surface area contributed by atoms with Crippen molar-refractivity contribution in [3.63, 3.8) is 0 Å². The molecule has 0 N–H and O–H groups in total. The lowest BCUT2D eigenvalue weighted by Gasteiger charge is -2.35. The number of rotatable bonds is 4. The minimum atomic E-state index is -4.40. The van der Waals surface area contributed by atoms with E-state index < -0.39 is 11.7 Å². The van der Waals surface area contributed by atoms with Crippen molar-refractivity contribution in [1.82, 2.24) is 9.88 Å². The molecule has 0 saturated carbocycles. The Bertz CT molecular complexity index is 841. The van der Waals surface area contributed by atoms with Gasteiger partial charge in [-0.2, -0.15) is 13.2 Å². The van der Waals surface area contributed by atoms with Crippen LogP contribution in [0.4, 0.5) is 19.0 Å². The summed E-state index contributed by atoms with van der Waals surface area (Å²) >= 11 is 13.4. The molecule has 0 aliphatic carbocycles. The fraction of sp³-hybridized carbons (Fsp3) is 0.333. The smallest absolute Gasteiger partial charge is 0.353 e. The molecule has 10 heteroatoms. The first-order chi connectivity index (χ1) is 13.2. The zero-order valence-electron chi connectivity index (χ0n) is 14.5. The van der Waals surface area contributed by atoms with E-state index in [-0.39, 0.29) is 11.7 Å². The lowest BCUT2D eigenvalue weighted by molar-refractivity contribution is -0.137. The second-order valence-corrected chi connectivity index (χ2v) is 7.99. The van der Waals surface area contributed by atoms with Crippen molar-refractivity contribution in [1.29, 1.82) is 0 Å². The summed E-state index contributed by atoms with van der Waals surface area (Å²) in [5.41, 5.74) is -0.776. The third-order valence-corrected chi connectivity index (χ3v) is 5.99. The average molecular weight is 450 g/mol. The molecule has 4 nitrogen and oxygen atoms in total. The fourth-order valence-electron chi connectivity index (χ4n) is 2.74. The van der Waals surface area contributed by atoms with Crippen molar-refractivity contribution in [2.45, 2.75) is 11.1 Å². The summed E-state index contributed by atoms with van der Waals surface area (Å²) in [4.78, 5) is 20.7. The topological polar surface area (TPSA) is 36.4 Å². The molecule has 1 aliphatic heterocycles. The molecule has 0 bridgehead atoms. The Morgan fingerprint density at radius 3 is 2.43 bits per heavy atom. The van der Waals surface area contributed by atoms with Crippen LogP contribution in [0.1, 0.15) is 5.56 Å². The number of pyridine rings is 1. The van der Waals surface area contributed by atoms with Gasteiger partial charge in [0.2, 0.25) is 5.91 Å². The van der Waals surface area contributed by atoms with Gasteiger partial charge in [0.1, 0.15) is 5.82 Å². The van der Waals surface area contributed by atoms with Crippen molar-refractivity contribution in [3.8, 4) is 0 Å². The van der Waals surface area contributed by atoms with Gasteiger partial charge in [0.05, 0.1) is 16.3 Å². The van der Waals surface area contributed by atoms with Crippen LogP contribution >= 0.6 is 35.0 Å². The average Bonchev–Trinajstić information content (AvgIpc) is 2.68. The fourth-order valence-corrected chi connectivity index (χ4v) is 4.14. The van der Waals surface area contributed by atoms with Gasteiger partial charge >= 0.3 is 6.18 Å². The third-order valence-electron chi connectivity index (χ3n) is 4.28. The molecule has 28 heavy (non-hydrogen) atoms. The van der Waals surface area contributed by atoms with E-state index in [1.165, 1.54) is 17.8 Å². The Hall–Kier alpha value is -1.64. The molecule has 1 aliphatic rings. The molecule has 0 atom stereocenters. The first-order valence-electron chi connectivity index (χ1n) is 8.38. The van der Waals surface area contributed by atoms with Gasteiger partial charge in [-0.1, -0.05) is 23.2 Å². The van der Waals surface area contributed by atoms with Crippen LogP contribution in [0.5, 0.6) is 0 Å². The second-order valence-electron chi connectivity index (χ2n) is 6.13. The number of benzene rings is 1. The molecule has 1 fully saturated rings. The highest BCUT2D eigenvalue weighted by Gasteiger charge is 2.31. The van der Waals surface area contributed by atoms with Crippen LogP contribution in [0.15, 0.2) is 41.4 Å². The minimum absolute atomic E-state index is 0.0268. The van der Waals surface area contributed by atoms with Gasteiger partial charge in [0, 0.05) is 42.3 Å². The maximum atomic E-state index is 12.6. The summed E-state index contributed by atoms with van der Waals surface area (Å²) < 4.78 is 37.9. The van der Waals surface area contributed by atoms with Gasteiger partial charge < -0.3 is 9.80 Å². The van der Waals surface area contributed by atoms with E-state index in [1.807, 2.05) is 4.90 Å². The van der Waals surface area contributed by atoms with Gasteiger partial charge in [-0.05, 0) is 30.3 Å². The Morgan fingerprint density at radius 1 is 1.11 bits per heavy atom. The maximum Gasteiger partial charge on any atom is 0.417 e. The number of amides is 1. The molecule has 1 aromatic carbocycles. The van der Waals surface area contributed by atoms with E-state index in [2.05, 4.69) is 4.98 Å². The van der Waals surface area contributed by atoms with E-state index in [9.17, 15) is 18.0 Å². The van der Waals surface area contributed by atoms with Crippen molar-refractivity contribution >= 4 is 46.7 Å². The summed E-state index contributed by atoms with van der Waals surface area (Å²) in [6, 6.07) is 7.47. The number of thioether (sulfide) groups is 1. The van der Waals surface area contributed by atoms with E-state index in [4.69, 9.17) is 23.2 Å². The highest BCUT2D eigenvalue weighted by atomic mass is 35.5. The van der Waals surface area contributed by atoms with Gasteiger partial charge in [-0.3, -0.25) is 4.79 Å². The molecule has 3 rings (SSSR count). The molecule has 2 heterocycles. The van der Waals surface area contributed by atoms with Crippen LogP contribution in [0.2, 0.25) is 10.0 Å². The van der Waals surface area contributed by atoms with Crippen LogP contribution in [-0.2, 0) is 11.0 Å². The quantitative estimate of drug-likeness (QED) is 0.625. The molecular weight excluding hydrogens is 434 g/mol.